The molecule has 0 unspecified atom stereocenters. The lowest BCUT2D eigenvalue weighted by molar-refractivity contribution is -0.114. The summed E-state index contributed by atoms with van der Waals surface area (Å²) in [6.45, 7) is 2.01. The zero-order chi connectivity index (χ0) is 26.2. The fourth-order valence-electron chi connectivity index (χ4n) is 3.58. The number of carbonyl (C=O) groups is 2. The molecular weight excluding hydrogens is 462 g/mol. The minimum Gasteiger partial charge on any atom is -0.496 e. The molecule has 2 amide bonds. The average molecular weight is 492 g/mol. The molecule has 0 spiro atoms. The van der Waals surface area contributed by atoms with Gasteiger partial charge in [0, 0.05) is 42.2 Å². The number of hydrogen-bond acceptors (Lipinski definition) is 8. The van der Waals surface area contributed by atoms with Gasteiger partial charge in [-0.05, 0) is 36.8 Å². The number of aromatic nitrogens is 2. The van der Waals surface area contributed by atoms with Crippen LogP contribution in [0.1, 0.15) is 27.0 Å². The highest BCUT2D eigenvalue weighted by Crippen LogP contribution is 2.29. The maximum absolute atomic E-state index is 12.9. The van der Waals surface area contributed by atoms with E-state index in [1.807, 2.05) is 6.92 Å². The molecule has 1 aromatic heterocycles. The number of hydrogen-bond donors (Lipinski definition) is 4. The number of anilines is 2. The maximum atomic E-state index is 12.9. The summed E-state index contributed by atoms with van der Waals surface area (Å²) < 4.78 is 10.7. The highest BCUT2D eigenvalue weighted by Gasteiger charge is 2.17. The second-order valence-corrected chi connectivity index (χ2v) is 7.94. The quantitative estimate of drug-likeness (QED) is 0.248. The first-order valence-corrected chi connectivity index (χ1v) is 11.0. The van der Waals surface area contributed by atoms with E-state index < -0.39 is 0 Å². The maximum Gasteiger partial charge on any atom is 0.251 e. The van der Waals surface area contributed by atoms with E-state index in [0.29, 0.717) is 34.1 Å². The second-order valence-electron chi connectivity index (χ2n) is 7.94. The van der Waals surface area contributed by atoms with Crippen LogP contribution >= 0.6 is 0 Å². The molecule has 3 rings (SSSR count). The van der Waals surface area contributed by atoms with Crippen molar-refractivity contribution in [2.45, 2.75) is 13.5 Å². The summed E-state index contributed by atoms with van der Waals surface area (Å²) in [6, 6.07) is 10.1. The zero-order valence-corrected chi connectivity index (χ0v) is 20.6. The Morgan fingerprint density at radius 2 is 1.78 bits per heavy atom. The number of nitrogens with one attached hydrogen (secondary N) is 3. The van der Waals surface area contributed by atoms with Gasteiger partial charge < -0.3 is 30.7 Å². The lowest BCUT2D eigenvalue weighted by Crippen LogP contribution is -2.32. The molecular formula is C25H29N7O4. The van der Waals surface area contributed by atoms with Crippen molar-refractivity contribution in [3.8, 4) is 11.5 Å². The van der Waals surface area contributed by atoms with Crippen molar-refractivity contribution in [1.82, 2.24) is 15.3 Å². The summed E-state index contributed by atoms with van der Waals surface area (Å²) in [7, 11) is 4.80. The van der Waals surface area contributed by atoms with Crippen molar-refractivity contribution in [3.05, 3.63) is 71.2 Å². The molecule has 2 aromatic carbocycles. The molecule has 0 saturated heterocycles. The van der Waals surface area contributed by atoms with Gasteiger partial charge in [-0.3, -0.25) is 15.0 Å². The number of methoxy groups -OCH3 is 2. The van der Waals surface area contributed by atoms with Gasteiger partial charge in [0.25, 0.3) is 5.91 Å². The molecule has 36 heavy (non-hydrogen) atoms. The third-order valence-corrected chi connectivity index (χ3v) is 5.49. The number of ether oxygens (including phenoxy) is 2. The number of nitrogens with zero attached hydrogens (tertiary/aromatic N) is 3. The van der Waals surface area contributed by atoms with Crippen molar-refractivity contribution in [1.29, 1.82) is 5.41 Å². The smallest absolute Gasteiger partial charge is 0.251 e. The predicted molar refractivity (Wildman–Crippen MR) is 137 cm³/mol. The van der Waals surface area contributed by atoms with E-state index in [-0.39, 0.29) is 30.7 Å². The van der Waals surface area contributed by atoms with Crippen LogP contribution in [-0.4, -0.2) is 55.4 Å². The topological polar surface area (TPSA) is 156 Å². The average Bonchev–Trinajstić information content (AvgIpc) is 2.87. The Balaban J connectivity index is 1.79. The van der Waals surface area contributed by atoms with E-state index >= 15 is 0 Å². The molecule has 11 nitrogen and oxygen atoms in total. The minimum atomic E-state index is -0.322. The number of carbonyl (C=O) groups excluding carboxylic acids is 2. The molecule has 0 bridgehead atoms. The van der Waals surface area contributed by atoms with Gasteiger partial charge in [-0.15, -0.1) is 0 Å². The van der Waals surface area contributed by atoms with Crippen molar-refractivity contribution < 1.29 is 19.1 Å². The first kappa shape index (κ1) is 25.9. The number of amides is 2. The van der Waals surface area contributed by atoms with Gasteiger partial charge in [-0.2, -0.15) is 0 Å². The molecule has 0 saturated carbocycles. The van der Waals surface area contributed by atoms with E-state index in [4.69, 9.17) is 20.6 Å². The van der Waals surface area contributed by atoms with Crippen molar-refractivity contribution in [2.75, 3.05) is 38.0 Å². The summed E-state index contributed by atoms with van der Waals surface area (Å²) in [4.78, 5) is 35.0. The standard InChI is InChI=1S/C25H29N7O4/c1-15-20(35-3)10-18(11-21(15)36-4)25(34)29-12-17-6-5-16(24(26)27)9-19(17)32(2)13-23(33)31-22-7-8-28-14-30-22/h5-11,14H,12-13H2,1-4H3,(H3,26,27)(H,29,34)(H,28,30,31,33). The van der Waals surface area contributed by atoms with Crippen LogP contribution in [0.4, 0.5) is 11.5 Å². The van der Waals surface area contributed by atoms with Crippen LogP contribution in [0.2, 0.25) is 0 Å². The molecule has 0 radical (unpaired) electrons. The van der Waals surface area contributed by atoms with Crippen LogP contribution in [0.15, 0.2) is 48.9 Å². The second kappa shape index (κ2) is 11.6. The largest absolute Gasteiger partial charge is 0.496 e. The van der Waals surface area contributed by atoms with Crippen LogP contribution in [0.25, 0.3) is 0 Å². The van der Waals surface area contributed by atoms with Gasteiger partial charge in [-0.25, -0.2) is 9.97 Å². The van der Waals surface area contributed by atoms with Crippen LogP contribution in [0, 0.1) is 12.3 Å². The van der Waals surface area contributed by atoms with Gasteiger partial charge in [-0.1, -0.05) is 12.1 Å². The monoisotopic (exact) mass is 491 g/mol. The zero-order valence-electron chi connectivity index (χ0n) is 20.6. The van der Waals surface area contributed by atoms with Crippen molar-refractivity contribution in [2.24, 2.45) is 5.73 Å². The summed E-state index contributed by atoms with van der Waals surface area (Å²) in [5.74, 6) is 0.748. The van der Waals surface area contributed by atoms with E-state index in [2.05, 4.69) is 20.6 Å². The Hall–Kier alpha value is -4.67. The van der Waals surface area contributed by atoms with E-state index in [9.17, 15) is 9.59 Å². The molecule has 0 aliphatic rings. The SMILES string of the molecule is COc1cc(C(=O)NCc2ccc(C(=N)N)cc2N(C)CC(=O)Nc2ccncn2)cc(OC)c1C. The van der Waals surface area contributed by atoms with Gasteiger partial charge in [0.15, 0.2) is 0 Å². The first-order valence-electron chi connectivity index (χ1n) is 11.0. The third-order valence-electron chi connectivity index (χ3n) is 5.49. The minimum absolute atomic E-state index is 0.00132. The van der Waals surface area contributed by atoms with E-state index in [1.54, 1.807) is 48.3 Å². The van der Waals surface area contributed by atoms with Crippen LogP contribution in [-0.2, 0) is 11.3 Å². The third kappa shape index (κ3) is 6.26. The summed E-state index contributed by atoms with van der Waals surface area (Å²) in [5, 5.41) is 13.4. The van der Waals surface area contributed by atoms with Crippen molar-refractivity contribution in [3.63, 3.8) is 0 Å². The first-order chi connectivity index (χ1) is 17.2. The van der Waals surface area contributed by atoms with Crippen LogP contribution < -0.4 is 30.7 Å². The Kier molecular flexibility index (Phi) is 8.39. The Morgan fingerprint density at radius 1 is 1.08 bits per heavy atom. The Labute approximate surface area is 209 Å². The van der Waals surface area contributed by atoms with Gasteiger partial charge in [0.2, 0.25) is 5.91 Å². The highest BCUT2D eigenvalue weighted by molar-refractivity contribution is 5.97. The molecule has 1 heterocycles. The molecule has 0 aliphatic carbocycles. The summed E-state index contributed by atoms with van der Waals surface area (Å²) >= 11 is 0. The number of benzene rings is 2. The number of nitrogens with two attached hydrogens (primary N) is 1. The number of rotatable bonds is 10. The van der Waals surface area contributed by atoms with E-state index in [1.165, 1.54) is 26.7 Å². The fraction of sp³-hybridized carbons (Fsp3) is 0.240. The summed E-state index contributed by atoms with van der Waals surface area (Å²) in [6.07, 6.45) is 2.87. The van der Waals surface area contributed by atoms with Gasteiger partial charge >= 0.3 is 0 Å². The Bertz CT molecular complexity index is 1240. The lowest BCUT2D eigenvalue weighted by atomic mass is 10.1. The summed E-state index contributed by atoms with van der Waals surface area (Å²) in [5.41, 5.74) is 8.72. The van der Waals surface area contributed by atoms with Crippen molar-refractivity contribution >= 4 is 29.2 Å². The Morgan fingerprint density at radius 3 is 2.36 bits per heavy atom. The van der Waals surface area contributed by atoms with E-state index in [0.717, 1.165) is 11.1 Å². The molecule has 188 valence electrons. The van der Waals surface area contributed by atoms with Gasteiger partial charge in [0.05, 0.1) is 20.8 Å². The fourth-order valence-corrected chi connectivity index (χ4v) is 3.58. The predicted octanol–water partition coefficient (Wildman–Crippen LogP) is 2.09. The normalized spacial score (nSPS) is 10.3. The van der Waals surface area contributed by atoms with Crippen LogP contribution in [0.5, 0.6) is 11.5 Å². The molecule has 5 N–H and O–H groups in total. The van der Waals surface area contributed by atoms with Gasteiger partial charge in [0.1, 0.15) is 29.5 Å². The highest BCUT2D eigenvalue weighted by atomic mass is 16.5. The number of nitrogen functional groups attached to an aromatic ring is 1. The molecule has 11 heteroatoms. The molecule has 0 fully saturated rings. The van der Waals surface area contributed by atoms with Crippen LogP contribution in [0.3, 0.4) is 0 Å². The number of amidine groups is 1. The molecule has 0 atom stereocenters. The molecule has 0 aliphatic heterocycles. The lowest BCUT2D eigenvalue weighted by Gasteiger charge is -2.23. The number of likely N-dealkylation sites (N-methyl/N-ethyl adjacent to an activating group) is 1. The molecule has 3 aromatic rings.